The van der Waals surface area contributed by atoms with Gasteiger partial charge >= 0.3 is 5.97 Å². The van der Waals surface area contributed by atoms with Crippen LogP contribution >= 0.6 is 22.7 Å². The van der Waals surface area contributed by atoms with Crippen LogP contribution in [0.25, 0.3) is 9.53 Å². The van der Waals surface area contributed by atoms with Gasteiger partial charge in [0.25, 0.3) is 5.91 Å². The van der Waals surface area contributed by atoms with E-state index in [-0.39, 0.29) is 25.5 Å². The van der Waals surface area contributed by atoms with Crippen LogP contribution in [0.1, 0.15) is 16.1 Å². The zero-order valence-corrected chi connectivity index (χ0v) is 17.0. The summed E-state index contributed by atoms with van der Waals surface area (Å²) in [6.45, 7) is -0.149. The van der Waals surface area contributed by atoms with Gasteiger partial charge in [-0.2, -0.15) is 5.26 Å². The molecule has 0 N–H and O–H groups in total. The summed E-state index contributed by atoms with van der Waals surface area (Å²) in [5.74, 6) is -0.926. The van der Waals surface area contributed by atoms with Crippen molar-refractivity contribution in [2.24, 2.45) is 0 Å². The second kappa shape index (κ2) is 8.82. The van der Waals surface area contributed by atoms with Gasteiger partial charge < -0.3 is 14.5 Å². The fourth-order valence-electron chi connectivity index (χ4n) is 2.46. The minimum absolute atomic E-state index is 0.190. The van der Waals surface area contributed by atoms with Gasteiger partial charge in [-0.25, -0.2) is 9.78 Å². The molecular weight excluding hydrogens is 396 g/mol. The molecule has 0 radical (unpaired) electrons. The van der Waals surface area contributed by atoms with Crippen molar-refractivity contribution in [3.63, 3.8) is 0 Å². The van der Waals surface area contributed by atoms with Crippen molar-refractivity contribution in [1.82, 2.24) is 4.98 Å². The first-order chi connectivity index (χ1) is 13.5. The Hall–Kier alpha value is -2.96. The van der Waals surface area contributed by atoms with E-state index in [0.717, 1.165) is 14.7 Å². The van der Waals surface area contributed by atoms with Gasteiger partial charge in [-0.05, 0) is 18.2 Å². The van der Waals surface area contributed by atoms with E-state index in [1.807, 2.05) is 31.1 Å². The number of esters is 1. The summed E-state index contributed by atoms with van der Waals surface area (Å²) < 4.78 is 6.12. The molecule has 1 aromatic carbocycles. The Kier molecular flexibility index (Phi) is 6.23. The Morgan fingerprint density at radius 2 is 1.96 bits per heavy atom. The Morgan fingerprint density at radius 3 is 2.61 bits per heavy atom. The summed E-state index contributed by atoms with van der Waals surface area (Å²) in [7, 11) is 3.82. The van der Waals surface area contributed by atoms with Crippen molar-refractivity contribution in [2.45, 2.75) is 6.42 Å². The van der Waals surface area contributed by atoms with Crippen molar-refractivity contribution in [2.75, 3.05) is 37.0 Å². The highest BCUT2D eigenvalue weighted by atomic mass is 32.1. The van der Waals surface area contributed by atoms with Gasteiger partial charge in [-0.1, -0.05) is 29.5 Å². The highest BCUT2D eigenvalue weighted by Gasteiger charge is 2.20. The highest BCUT2D eigenvalue weighted by Crippen LogP contribution is 2.34. The van der Waals surface area contributed by atoms with E-state index in [2.05, 4.69) is 4.98 Å². The number of benzene rings is 1. The Labute approximate surface area is 170 Å². The SMILES string of the molecule is CN(C)c1nc2sc(C(=O)OCC(=O)N(CCC#N)c3ccccc3)cc2s1. The zero-order valence-electron chi connectivity index (χ0n) is 15.4. The number of para-hydroxylation sites is 1. The van der Waals surface area contributed by atoms with E-state index in [1.165, 1.54) is 27.6 Å². The molecule has 9 heteroatoms. The smallest absolute Gasteiger partial charge is 0.348 e. The number of thiophene rings is 1. The third kappa shape index (κ3) is 4.47. The lowest BCUT2D eigenvalue weighted by molar-refractivity contribution is -0.121. The van der Waals surface area contributed by atoms with Crippen molar-refractivity contribution in [3.05, 3.63) is 41.3 Å². The third-order valence-electron chi connectivity index (χ3n) is 3.80. The van der Waals surface area contributed by atoms with Crippen LogP contribution in [-0.4, -0.2) is 44.1 Å². The van der Waals surface area contributed by atoms with Gasteiger partial charge in [-0.3, -0.25) is 4.79 Å². The maximum Gasteiger partial charge on any atom is 0.348 e. The molecule has 0 aliphatic carbocycles. The monoisotopic (exact) mass is 414 g/mol. The molecule has 0 aliphatic rings. The maximum absolute atomic E-state index is 12.6. The summed E-state index contributed by atoms with van der Waals surface area (Å²) >= 11 is 2.74. The molecule has 2 aromatic heterocycles. The van der Waals surface area contributed by atoms with Crippen molar-refractivity contribution >= 4 is 54.9 Å². The summed E-state index contributed by atoms with van der Waals surface area (Å²) in [5, 5.41) is 9.70. The molecule has 28 heavy (non-hydrogen) atoms. The molecule has 2 heterocycles. The topological polar surface area (TPSA) is 86.5 Å². The second-order valence-corrected chi connectivity index (χ2v) is 8.08. The van der Waals surface area contributed by atoms with Crippen LogP contribution in [-0.2, 0) is 9.53 Å². The van der Waals surface area contributed by atoms with Crippen molar-refractivity contribution in [3.8, 4) is 6.07 Å². The van der Waals surface area contributed by atoms with E-state index in [0.29, 0.717) is 10.6 Å². The minimum Gasteiger partial charge on any atom is -0.451 e. The summed E-state index contributed by atoms with van der Waals surface area (Å²) in [6, 6.07) is 12.8. The molecule has 0 bridgehead atoms. The van der Waals surface area contributed by atoms with Gasteiger partial charge in [0.05, 0.1) is 17.2 Å². The number of carbonyl (C=O) groups excluding carboxylic acids is 2. The Bertz CT molecular complexity index is 989. The first-order valence-electron chi connectivity index (χ1n) is 8.46. The lowest BCUT2D eigenvalue weighted by atomic mass is 10.2. The van der Waals surface area contributed by atoms with Crippen LogP contribution in [0.15, 0.2) is 36.4 Å². The number of rotatable bonds is 7. The first-order valence-corrected chi connectivity index (χ1v) is 10.1. The summed E-state index contributed by atoms with van der Waals surface area (Å²) in [5.41, 5.74) is 0.663. The number of ether oxygens (including phenoxy) is 1. The molecule has 0 aliphatic heterocycles. The maximum atomic E-state index is 12.6. The molecular formula is C19H18N4O3S2. The molecule has 0 fully saturated rings. The van der Waals surface area contributed by atoms with E-state index in [4.69, 9.17) is 10.00 Å². The number of anilines is 2. The van der Waals surface area contributed by atoms with Crippen molar-refractivity contribution < 1.29 is 14.3 Å². The van der Waals surface area contributed by atoms with E-state index < -0.39 is 5.97 Å². The van der Waals surface area contributed by atoms with Crippen LogP contribution in [0.4, 0.5) is 10.8 Å². The van der Waals surface area contributed by atoms with E-state index in [1.54, 1.807) is 30.3 Å². The number of carbonyl (C=O) groups is 2. The number of aromatic nitrogens is 1. The number of nitriles is 1. The van der Waals surface area contributed by atoms with Crippen LogP contribution < -0.4 is 9.80 Å². The summed E-state index contributed by atoms with van der Waals surface area (Å²) in [6.07, 6.45) is 0.190. The standard InChI is InChI=1S/C19H18N4O3S2/c1-22(2)19-21-17-14(28-19)11-15(27-17)18(25)26-12-16(24)23(10-6-9-20)13-7-4-3-5-8-13/h3-5,7-8,11H,6,10,12H2,1-2H3. The van der Waals surface area contributed by atoms with Gasteiger partial charge in [0, 0.05) is 26.3 Å². The van der Waals surface area contributed by atoms with Crippen LogP contribution in [0.5, 0.6) is 0 Å². The molecule has 0 unspecified atom stereocenters. The molecule has 3 aromatic rings. The van der Waals surface area contributed by atoms with E-state index in [9.17, 15) is 9.59 Å². The predicted molar refractivity (Wildman–Crippen MR) is 111 cm³/mol. The molecule has 0 saturated heterocycles. The summed E-state index contributed by atoms with van der Waals surface area (Å²) in [4.78, 5) is 33.9. The van der Waals surface area contributed by atoms with E-state index >= 15 is 0 Å². The molecule has 3 rings (SSSR count). The lowest BCUT2D eigenvalue weighted by Gasteiger charge is -2.21. The average molecular weight is 415 g/mol. The largest absolute Gasteiger partial charge is 0.451 e. The van der Waals surface area contributed by atoms with Crippen LogP contribution in [0, 0.1) is 11.3 Å². The number of fused-ring (bicyclic) bond motifs is 1. The van der Waals surface area contributed by atoms with Gasteiger partial charge in [0.1, 0.15) is 9.71 Å². The van der Waals surface area contributed by atoms with Gasteiger partial charge in [0.2, 0.25) is 0 Å². The molecule has 1 amide bonds. The number of hydrogen-bond donors (Lipinski definition) is 0. The van der Waals surface area contributed by atoms with Crippen LogP contribution in [0.3, 0.4) is 0 Å². The molecule has 0 atom stereocenters. The number of nitrogens with zero attached hydrogens (tertiary/aromatic N) is 4. The van der Waals surface area contributed by atoms with Gasteiger partial charge in [0.15, 0.2) is 11.7 Å². The normalized spacial score (nSPS) is 10.5. The fraction of sp³-hybridized carbons (Fsp3) is 0.263. The predicted octanol–water partition coefficient (Wildman–Crippen LogP) is 3.53. The number of amides is 1. The second-order valence-electron chi connectivity index (χ2n) is 6.04. The number of thiazole rings is 1. The first kappa shape index (κ1) is 19.8. The Balaban J connectivity index is 1.66. The molecule has 0 saturated carbocycles. The quantitative estimate of drug-likeness (QED) is 0.550. The lowest BCUT2D eigenvalue weighted by Crippen LogP contribution is -2.35. The number of hydrogen-bond acceptors (Lipinski definition) is 8. The molecule has 0 spiro atoms. The van der Waals surface area contributed by atoms with Crippen LogP contribution in [0.2, 0.25) is 0 Å². The molecule has 144 valence electrons. The fourth-order valence-corrected chi connectivity index (χ4v) is 4.49. The minimum atomic E-state index is -0.553. The van der Waals surface area contributed by atoms with Crippen molar-refractivity contribution in [1.29, 1.82) is 5.26 Å². The van der Waals surface area contributed by atoms with Gasteiger partial charge in [-0.15, -0.1) is 11.3 Å². The Morgan fingerprint density at radius 1 is 1.21 bits per heavy atom. The highest BCUT2D eigenvalue weighted by molar-refractivity contribution is 7.29. The average Bonchev–Trinajstić information content (AvgIpc) is 3.26. The zero-order chi connectivity index (χ0) is 20.1. The third-order valence-corrected chi connectivity index (χ3v) is 6.11. The molecule has 7 nitrogen and oxygen atoms in total.